The lowest BCUT2D eigenvalue weighted by molar-refractivity contribution is -0.148. The predicted molar refractivity (Wildman–Crippen MR) is 147 cm³/mol. The lowest BCUT2D eigenvalue weighted by Crippen LogP contribution is -2.50. The van der Waals surface area contributed by atoms with Gasteiger partial charge >= 0.3 is 5.97 Å². The third kappa shape index (κ3) is 3.98. The first-order chi connectivity index (χ1) is 17.7. The topological polar surface area (TPSA) is 61.2 Å². The molecular formula is C31H35BrN2O3. The van der Waals surface area contributed by atoms with Gasteiger partial charge in [-0.2, -0.15) is 5.10 Å². The first-order valence-electron chi connectivity index (χ1n) is 13.6. The van der Waals surface area contributed by atoms with Crippen LogP contribution in [0.1, 0.15) is 81.8 Å². The summed E-state index contributed by atoms with van der Waals surface area (Å²) in [4.78, 5) is 23.7. The van der Waals surface area contributed by atoms with Crippen molar-refractivity contribution in [2.75, 3.05) is 0 Å². The van der Waals surface area contributed by atoms with Gasteiger partial charge in [0.05, 0.1) is 16.9 Å². The van der Waals surface area contributed by atoms with Crippen LogP contribution in [0.4, 0.5) is 0 Å². The van der Waals surface area contributed by atoms with Gasteiger partial charge in [-0.25, -0.2) is 4.68 Å². The van der Waals surface area contributed by atoms with Crippen LogP contribution in [0.25, 0.3) is 11.3 Å². The molecule has 1 aromatic carbocycles. The maximum Gasteiger partial charge on any atom is 0.302 e. The lowest BCUT2D eigenvalue weighted by Gasteiger charge is -2.57. The molecule has 2 saturated carbocycles. The zero-order valence-corrected chi connectivity index (χ0v) is 23.5. The minimum atomic E-state index is -0.168. The molecule has 0 aliphatic heterocycles. The van der Waals surface area contributed by atoms with E-state index in [-0.39, 0.29) is 22.9 Å². The van der Waals surface area contributed by atoms with E-state index in [2.05, 4.69) is 41.9 Å². The smallest absolute Gasteiger partial charge is 0.302 e. The van der Waals surface area contributed by atoms with Crippen molar-refractivity contribution in [2.24, 2.45) is 28.6 Å². The molecule has 0 radical (unpaired) electrons. The Kier molecular flexibility index (Phi) is 6.09. The molecule has 1 heterocycles. The van der Waals surface area contributed by atoms with Crippen LogP contribution >= 0.6 is 15.9 Å². The van der Waals surface area contributed by atoms with Gasteiger partial charge in [0.15, 0.2) is 6.29 Å². The number of ether oxygens (including phenoxy) is 1. The second kappa shape index (κ2) is 9.07. The zero-order chi connectivity index (χ0) is 25.9. The second-order valence-electron chi connectivity index (χ2n) is 12.0. The minimum absolute atomic E-state index is 0.0223. The Morgan fingerprint density at radius 2 is 1.84 bits per heavy atom. The van der Waals surface area contributed by atoms with Gasteiger partial charge in [0, 0.05) is 24.0 Å². The normalized spacial score (nSPS) is 34.5. The van der Waals surface area contributed by atoms with E-state index in [0.29, 0.717) is 23.3 Å². The molecule has 4 aliphatic rings. The number of carbonyl (C=O) groups excluding carboxylic acids is 2. The highest BCUT2D eigenvalue weighted by Crippen LogP contribution is 2.66. The van der Waals surface area contributed by atoms with Crippen molar-refractivity contribution in [1.29, 1.82) is 0 Å². The van der Waals surface area contributed by atoms with Crippen molar-refractivity contribution in [3.63, 3.8) is 0 Å². The molecule has 6 heteroatoms. The first kappa shape index (κ1) is 24.8. The molecule has 2 fully saturated rings. The van der Waals surface area contributed by atoms with E-state index in [4.69, 9.17) is 9.84 Å². The van der Waals surface area contributed by atoms with E-state index in [9.17, 15) is 9.59 Å². The highest BCUT2D eigenvalue weighted by molar-refractivity contribution is 9.10. The predicted octanol–water partition coefficient (Wildman–Crippen LogP) is 7.34. The van der Waals surface area contributed by atoms with Crippen molar-refractivity contribution in [2.45, 2.75) is 71.8 Å². The van der Waals surface area contributed by atoms with E-state index in [0.717, 1.165) is 60.7 Å². The molecule has 0 bridgehead atoms. The number of aldehydes is 1. The summed E-state index contributed by atoms with van der Waals surface area (Å²) in [6.45, 7) is 6.40. The van der Waals surface area contributed by atoms with Gasteiger partial charge < -0.3 is 4.74 Å². The van der Waals surface area contributed by atoms with Crippen molar-refractivity contribution in [3.05, 3.63) is 63.9 Å². The molecule has 0 N–H and O–H groups in total. The fourth-order valence-corrected chi connectivity index (χ4v) is 8.57. The maximum absolute atomic E-state index is 12.1. The van der Waals surface area contributed by atoms with E-state index >= 15 is 0 Å². The van der Waals surface area contributed by atoms with E-state index in [1.807, 2.05) is 35.1 Å². The molecule has 0 unspecified atom stereocenters. The van der Waals surface area contributed by atoms with Gasteiger partial charge in [-0.15, -0.1) is 0 Å². The Bertz CT molecular complexity index is 1310. The summed E-state index contributed by atoms with van der Waals surface area (Å²) in [6.07, 6.45) is 15.1. The average Bonchev–Trinajstić information content (AvgIpc) is 3.45. The zero-order valence-electron chi connectivity index (χ0n) is 21.9. The van der Waals surface area contributed by atoms with Crippen molar-refractivity contribution >= 4 is 33.8 Å². The van der Waals surface area contributed by atoms with Crippen LogP contribution in [0, 0.1) is 28.6 Å². The lowest BCUT2D eigenvalue weighted by atomic mass is 9.47. The van der Waals surface area contributed by atoms with Crippen LogP contribution in [0.3, 0.4) is 0 Å². The molecule has 37 heavy (non-hydrogen) atoms. The Morgan fingerprint density at radius 1 is 1.08 bits per heavy atom. The van der Waals surface area contributed by atoms with Crippen LogP contribution in [-0.2, 0) is 9.53 Å². The SMILES string of the molecule is CC(=O)O[C@H]1CC[C@@]2(C)C(=CC[C@@H]3[C@@H]2CC[C@]2(C)C(c4nn(-c5ccc(Br)cc5)cc4C=O)=CC[C@@H]32)C1. The quantitative estimate of drug-likeness (QED) is 0.222. The average molecular weight is 564 g/mol. The number of hydrogen-bond donors (Lipinski definition) is 0. The monoisotopic (exact) mass is 562 g/mol. The second-order valence-corrected chi connectivity index (χ2v) is 12.9. The summed E-state index contributed by atoms with van der Waals surface area (Å²) < 4.78 is 8.46. The maximum atomic E-state index is 12.1. The van der Waals surface area contributed by atoms with Crippen LogP contribution in [0.15, 0.2) is 52.7 Å². The van der Waals surface area contributed by atoms with Gasteiger partial charge in [0.25, 0.3) is 0 Å². The number of esters is 1. The highest BCUT2D eigenvalue weighted by atomic mass is 79.9. The fourth-order valence-electron chi connectivity index (χ4n) is 8.31. The Hall–Kier alpha value is -2.47. The third-order valence-electron chi connectivity index (χ3n) is 10.2. The van der Waals surface area contributed by atoms with Crippen LogP contribution in [-0.4, -0.2) is 28.1 Å². The van der Waals surface area contributed by atoms with Gasteiger partial charge in [0.2, 0.25) is 0 Å². The van der Waals surface area contributed by atoms with Crippen LogP contribution in [0.2, 0.25) is 0 Å². The van der Waals surface area contributed by atoms with E-state index in [1.165, 1.54) is 24.5 Å². The number of rotatable bonds is 4. The number of hydrogen-bond acceptors (Lipinski definition) is 4. The van der Waals surface area contributed by atoms with Crippen molar-refractivity contribution in [3.8, 4) is 5.69 Å². The number of allylic oxidation sites excluding steroid dienone is 3. The molecular weight excluding hydrogens is 528 g/mol. The minimum Gasteiger partial charge on any atom is -0.462 e. The molecule has 1 aromatic heterocycles. The summed E-state index contributed by atoms with van der Waals surface area (Å²) >= 11 is 3.50. The van der Waals surface area contributed by atoms with Crippen molar-refractivity contribution in [1.82, 2.24) is 9.78 Å². The summed E-state index contributed by atoms with van der Waals surface area (Å²) in [5, 5.41) is 4.96. The molecule has 6 rings (SSSR count). The molecule has 0 amide bonds. The van der Waals surface area contributed by atoms with Crippen molar-refractivity contribution < 1.29 is 14.3 Å². The number of fused-ring (bicyclic) bond motifs is 5. The molecule has 4 aliphatic carbocycles. The van der Waals surface area contributed by atoms with E-state index in [1.54, 1.807) is 0 Å². The van der Waals surface area contributed by atoms with Crippen LogP contribution in [0.5, 0.6) is 0 Å². The van der Waals surface area contributed by atoms with E-state index < -0.39 is 0 Å². The largest absolute Gasteiger partial charge is 0.462 e. The van der Waals surface area contributed by atoms with Gasteiger partial charge in [0.1, 0.15) is 6.10 Å². The number of benzene rings is 1. The number of nitrogens with zero attached hydrogens (tertiary/aromatic N) is 2. The summed E-state index contributed by atoms with van der Waals surface area (Å²) in [5.74, 6) is 1.67. The van der Waals surface area contributed by atoms with Crippen LogP contribution < -0.4 is 0 Å². The molecule has 0 spiro atoms. The third-order valence-corrected chi connectivity index (χ3v) is 10.7. The molecule has 5 nitrogen and oxygen atoms in total. The summed E-state index contributed by atoms with van der Waals surface area (Å²) in [6, 6.07) is 8.01. The van der Waals surface area contributed by atoms with Gasteiger partial charge in [-0.1, -0.05) is 47.5 Å². The summed E-state index contributed by atoms with van der Waals surface area (Å²) in [5.41, 5.74) is 5.45. The number of aromatic nitrogens is 2. The Balaban J connectivity index is 1.28. The molecule has 0 saturated heterocycles. The first-order valence-corrected chi connectivity index (χ1v) is 14.4. The summed E-state index contributed by atoms with van der Waals surface area (Å²) in [7, 11) is 0. The molecule has 2 aromatic rings. The number of halogens is 1. The number of carbonyl (C=O) groups is 2. The Labute approximate surface area is 227 Å². The molecule has 194 valence electrons. The molecule has 6 atom stereocenters. The highest BCUT2D eigenvalue weighted by Gasteiger charge is 2.57. The fraction of sp³-hybridized carbons (Fsp3) is 0.516. The van der Waals surface area contributed by atoms with Gasteiger partial charge in [-0.05, 0) is 96.9 Å². The Morgan fingerprint density at radius 3 is 2.57 bits per heavy atom. The standard InChI is InChI=1S/C31H35BrN2O3/c1-19(36)37-24-12-14-30(2)21(16-24)4-9-25-26-10-11-28(31(26,3)15-13-27(25)30)29-20(18-35)17-34(33-29)23-7-5-22(32)6-8-23/h4-8,11,17-18,24-27H,9-10,12-16H2,1-3H3/t24-,25-,26-,27-,30-,31-/m0/s1. The van der Waals surface area contributed by atoms with Gasteiger partial charge in [-0.3, -0.25) is 9.59 Å².